The molecule has 1 aliphatic rings. The molecule has 3 aromatic rings. The van der Waals surface area contributed by atoms with E-state index in [1.807, 2.05) is 48.7 Å². The number of nitrogens with zero attached hydrogens (tertiary/aromatic N) is 3. The fourth-order valence-corrected chi connectivity index (χ4v) is 4.66. The molecule has 2 aromatic carbocycles. The quantitative estimate of drug-likeness (QED) is 0.186. The number of thiocarbonyl (C=S) groups is 1. The number of nitro groups is 1. The molecule has 1 saturated heterocycles. The van der Waals surface area contributed by atoms with Crippen LogP contribution in [0.3, 0.4) is 0 Å². The summed E-state index contributed by atoms with van der Waals surface area (Å²) < 4.78 is 2.05. The maximum atomic E-state index is 12.5. The molecule has 0 atom stereocenters. The highest BCUT2D eigenvalue weighted by atomic mass is 32.2. The highest BCUT2D eigenvalue weighted by molar-refractivity contribution is 7.99. The van der Waals surface area contributed by atoms with Crippen molar-refractivity contribution in [3.05, 3.63) is 87.2 Å². The third kappa shape index (κ3) is 4.50. The fraction of sp³-hybridized carbons (Fsp3) is 0.125. The first-order valence-corrected chi connectivity index (χ1v) is 11.4. The molecule has 10 heteroatoms. The Balaban J connectivity index is 1.58. The van der Waals surface area contributed by atoms with Crippen LogP contribution in [0, 0.1) is 24.0 Å². The Morgan fingerprint density at radius 2 is 1.62 bits per heavy atom. The number of aryl methyl sites for hydroxylation is 1. The smallest absolute Gasteiger partial charge is 0.269 e. The topological polar surface area (TPSA) is 97.5 Å². The summed E-state index contributed by atoms with van der Waals surface area (Å²) >= 11 is 6.51. The Hall–Kier alpha value is -3.76. The van der Waals surface area contributed by atoms with E-state index in [-0.39, 0.29) is 16.4 Å². The standard InChI is InChI=1S/C24H20N4O4S2/c1-14-12-16(13-21-22(29)25-24(33)26(3)23(21)30)15(2)27(14)17-4-8-19(9-5-17)34-20-10-6-18(7-11-20)28(31)32/h4-13H,1-3H3,(H,25,29,33)/b21-13+. The van der Waals surface area contributed by atoms with E-state index in [9.17, 15) is 19.7 Å². The zero-order valence-corrected chi connectivity index (χ0v) is 20.2. The summed E-state index contributed by atoms with van der Waals surface area (Å²) in [6.07, 6.45) is 1.59. The van der Waals surface area contributed by atoms with Gasteiger partial charge in [-0.15, -0.1) is 0 Å². The van der Waals surface area contributed by atoms with E-state index in [1.165, 1.54) is 35.8 Å². The molecular formula is C24H20N4O4S2. The molecule has 1 fully saturated rings. The third-order valence-corrected chi connectivity index (χ3v) is 6.84. The van der Waals surface area contributed by atoms with Crippen LogP contribution in [-0.2, 0) is 9.59 Å². The normalized spacial score (nSPS) is 15.1. The van der Waals surface area contributed by atoms with Gasteiger partial charge < -0.3 is 4.57 Å². The Morgan fingerprint density at radius 1 is 1.03 bits per heavy atom. The molecule has 34 heavy (non-hydrogen) atoms. The maximum Gasteiger partial charge on any atom is 0.269 e. The minimum Gasteiger partial charge on any atom is -0.318 e. The molecule has 1 N–H and O–H groups in total. The number of carbonyl (C=O) groups is 2. The van der Waals surface area contributed by atoms with Crippen molar-refractivity contribution in [2.45, 2.75) is 23.6 Å². The summed E-state index contributed by atoms with van der Waals surface area (Å²) in [7, 11) is 1.53. The lowest BCUT2D eigenvalue weighted by molar-refractivity contribution is -0.384. The van der Waals surface area contributed by atoms with Gasteiger partial charge in [-0.2, -0.15) is 0 Å². The van der Waals surface area contributed by atoms with Crippen molar-refractivity contribution in [3.63, 3.8) is 0 Å². The number of rotatable bonds is 5. The van der Waals surface area contributed by atoms with Crippen molar-refractivity contribution in [1.29, 1.82) is 0 Å². The molecule has 0 aliphatic carbocycles. The molecule has 172 valence electrons. The van der Waals surface area contributed by atoms with E-state index in [0.717, 1.165) is 32.4 Å². The van der Waals surface area contributed by atoms with Crippen molar-refractivity contribution in [2.24, 2.45) is 0 Å². The lowest BCUT2D eigenvalue weighted by Gasteiger charge is -2.25. The highest BCUT2D eigenvalue weighted by Gasteiger charge is 2.31. The van der Waals surface area contributed by atoms with Gasteiger partial charge in [0.2, 0.25) is 0 Å². The second-order valence-electron chi connectivity index (χ2n) is 7.69. The number of nitrogens with one attached hydrogen (secondary N) is 1. The van der Waals surface area contributed by atoms with Gasteiger partial charge in [-0.25, -0.2) is 0 Å². The average molecular weight is 493 g/mol. The monoisotopic (exact) mass is 492 g/mol. The highest BCUT2D eigenvalue weighted by Crippen LogP contribution is 2.31. The van der Waals surface area contributed by atoms with Crippen LogP contribution < -0.4 is 5.32 Å². The van der Waals surface area contributed by atoms with Crippen molar-refractivity contribution in [2.75, 3.05) is 7.05 Å². The first kappa shape index (κ1) is 23.4. The molecule has 0 spiro atoms. The van der Waals surface area contributed by atoms with Crippen molar-refractivity contribution in [1.82, 2.24) is 14.8 Å². The number of benzene rings is 2. The van der Waals surface area contributed by atoms with Crippen LogP contribution in [0.2, 0.25) is 0 Å². The first-order valence-electron chi connectivity index (χ1n) is 10.2. The van der Waals surface area contributed by atoms with E-state index in [2.05, 4.69) is 5.32 Å². The zero-order chi connectivity index (χ0) is 24.6. The Kier molecular flexibility index (Phi) is 6.36. The maximum absolute atomic E-state index is 12.5. The van der Waals surface area contributed by atoms with Crippen LogP contribution in [0.1, 0.15) is 17.0 Å². The van der Waals surface area contributed by atoms with E-state index in [4.69, 9.17) is 12.2 Å². The predicted molar refractivity (Wildman–Crippen MR) is 134 cm³/mol. The van der Waals surface area contributed by atoms with Gasteiger partial charge >= 0.3 is 0 Å². The van der Waals surface area contributed by atoms with E-state index in [0.29, 0.717) is 0 Å². The average Bonchev–Trinajstić information content (AvgIpc) is 3.09. The summed E-state index contributed by atoms with van der Waals surface area (Å²) in [6, 6.07) is 16.3. The van der Waals surface area contributed by atoms with Gasteiger partial charge in [0.05, 0.1) is 4.92 Å². The number of likely N-dealkylation sites (N-methyl/N-ethyl adjacent to an activating group) is 1. The molecule has 0 bridgehead atoms. The molecule has 1 aliphatic heterocycles. The van der Waals surface area contributed by atoms with Crippen LogP contribution in [-0.4, -0.2) is 38.4 Å². The minimum atomic E-state index is -0.509. The molecule has 1 aromatic heterocycles. The summed E-state index contributed by atoms with van der Waals surface area (Å²) in [5.74, 6) is -0.948. The largest absolute Gasteiger partial charge is 0.318 e. The molecule has 2 amide bonds. The van der Waals surface area contributed by atoms with Crippen molar-refractivity contribution in [3.8, 4) is 5.69 Å². The number of non-ortho nitro benzene ring substituents is 1. The fourth-order valence-electron chi connectivity index (χ4n) is 3.67. The van der Waals surface area contributed by atoms with Gasteiger partial charge in [-0.3, -0.25) is 29.9 Å². The van der Waals surface area contributed by atoms with Crippen molar-refractivity contribution < 1.29 is 14.5 Å². The molecule has 8 nitrogen and oxygen atoms in total. The Bertz CT molecular complexity index is 1360. The number of aromatic nitrogens is 1. The van der Waals surface area contributed by atoms with Crippen LogP contribution >= 0.6 is 24.0 Å². The first-order chi connectivity index (χ1) is 16.2. The Labute approximate surface area is 205 Å². The van der Waals surface area contributed by atoms with Gasteiger partial charge in [0.25, 0.3) is 17.5 Å². The lowest BCUT2D eigenvalue weighted by Crippen LogP contribution is -2.52. The van der Waals surface area contributed by atoms with Gasteiger partial charge in [0, 0.05) is 46.0 Å². The van der Waals surface area contributed by atoms with E-state index < -0.39 is 16.7 Å². The van der Waals surface area contributed by atoms with Gasteiger partial charge in [0.1, 0.15) is 5.57 Å². The number of amides is 2. The van der Waals surface area contributed by atoms with Gasteiger partial charge in [0.15, 0.2) is 5.11 Å². The number of nitro benzene ring substituents is 1. The second kappa shape index (κ2) is 9.24. The minimum absolute atomic E-state index is 0.0335. The Morgan fingerprint density at radius 3 is 2.21 bits per heavy atom. The summed E-state index contributed by atoms with van der Waals surface area (Å²) in [6.45, 7) is 3.89. The van der Waals surface area contributed by atoms with E-state index in [1.54, 1.807) is 18.2 Å². The number of hydrogen-bond acceptors (Lipinski definition) is 6. The van der Waals surface area contributed by atoms with Gasteiger partial charge in [-0.1, -0.05) is 11.8 Å². The van der Waals surface area contributed by atoms with Crippen molar-refractivity contribution >= 4 is 52.7 Å². The molecule has 0 radical (unpaired) electrons. The third-order valence-electron chi connectivity index (χ3n) is 5.45. The summed E-state index contributed by atoms with van der Waals surface area (Å²) in [5.41, 5.74) is 3.63. The SMILES string of the molecule is Cc1cc(/C=C2\C(=O)NC(=S)N(C)C2=O)c(C)n1-c1ccc(Sc2ccc([N+](=O)[O-])cc2)cc1. The lowest BCUT2D eigenvalue weighted by atomic mass is 10.1. The van der Waals surface area contributed by atoms with Crippen LogP contribution in [0.15, 0.2) is 70.0 Å². The summed E-state index contributed by atoms with van der Waals surface area (Å²) in [5, 5.41) is 13.4. The van der Waals surface area contributed by atoms with Crippen LogP contribution in [0.5, 0.6) is 0 Å². The van der Waals surface area contributed by atoms with E-state index >= 15 is 0 Å². The molecule has 0 saturated carbocycles. The number of hydrogen-bond donors (Lipinski definition) is 1. The number of carbonyl (C=O) groups excluding carboxylic acids is 2. The predicted octanol–water partition coefficient (Wildman–Crippen LogP) is 4.41. The second-order valence-corrected chi connectivity index (χ2v) is 9.22. The molecule has 0 unspecified atom stereocenters. The zero-order valence-electron chi connectivity index (χ0n) is 18.6. The molecule has 2 heterocycles. The van der Waals surface area contributed by atoms with Gasteiger partial charge in [-0.05, 0) is 80.2 Å². The van der Waals surface area contributed by atoms with Crippen LogP contribution in [0.4, 0.5) is 5.69 Å². The van der Waals surface area contributed by atoms with Crippen LogP contribution in [0.25, 0.3) is 11.8 Å². The summed E-state index contributed by atoms with van der Waals surface area (Å²) in [4.78, 5) is 38.4. The molecular weight excluding hydrogens is 472 g/mol. The molecule has 4 rings (SSSR count).